The van der Waals surface area contributed by atoms with Gasteiger partial charge in [0.25, 0.3) is 0 Å². The van der Waals surface area contributed by atoms with Crippen LogP contribution in [0.3, 0.4) is 0 Å². The summed E-state index contributed by atoms with van der Waals surface area (Å²) in [5.41, 5.74) is 5.23. The van der Waals surface area contributed by atoms with Gasteiger partial charge in [-0.3, -0.25) is 0 Å². The largest absolute Gasteiger partial charge is 0.458 e. The summed E-state index contributed by atoms with van der Waals surface area (Å²) in [5.74, 6) is 4.51. The Morgan fingerprint density at radius 1 is 1.07 bits per heavy atom. The summed E-state index contributed by atoms with van der Waals surface area (Å²) >= 11 is 0. The van der Waals surface area contributed by atoms with Gasteiger partial charge in [-0.15, -0.1) is 0 Å². The summed E-state index contributed by atoms with van der Waals surface area (Å²) in [5, 5.41) is 0. The lowest BCUT2D eigenvalue weighted by molar-refractivity contribution is -0.222. The van der Waals surface area contributed by atoms with Crippen LogP contribution in [0.25, 0.3) is 11.6 Å². The molecule has 0 N–H and O–H groups in total. The molecular formula is C24H25F3O2. The maximum Gasteiger partial charge on any atom is 0.458 e. The van der Waals surface area contributed by atoms with Crippen LogP contribution in [0.4, 0.5) is 13.2 Å². The Kier molecular flexibility index (Phi) is 5.85. The van der Waals surface area contributed by atoms with Crippen molar-refractivity contribution in [3.63, 3.8) is 0 Å². The predicted octanol–water partition coefficient (Wildman–Crippen LogP) is 5.77. The third-order valence-corrected chi connectivity index (χ3v) is 5.80. The van der Waals surface area contributed by atoms with Crippen LogP contribution in [0.2, 0.25) is 0 Å². The maximum atomic E-state index is 12.3. The highest BCUT2D eigenvalue weighted by Crippen LogP contribution is 2.36. The first kappa shape index (κ1) is 20.3. The maximum absolute atomic E-state index is 12.3. The van der Waals surface area contributed by atoms with Gasteiger partial charge in [0, 0.05) is 23.3 Å². The molecule has 0 amide bonds. The molecule has 0 aromatic heterocycles. The first-order chi connectivity index (χ1) is 13.9. The van der Waals surface area contributed by atoms with Crippen molar-refractivity contribution in [2.75, 3.05) is 13.2 Å². The summed E-state index contributed by atoms with van der Waals surface area (Å²) < 4.78 is 48.6. The summed E-state index contributed by atoms with van der Waals surface area (Å²) in [4.78, 5) is 0. The zero-order valence-corrected chi connectivity index (χ0v) is 16.5. The van der Waals surface area contributed by atoms with Crippen LogP contribution in [0.15, 0.2) is 29.8 Å². The number of hydrogen-bond acceptors (Lipinski definition) is 2. The Morgan fingerprint density at radius 3 is 2.55 bits per heavy atom. The first-order valence-corrected chi connectivity index (χ1v) is 10.2. The lowest BCUT2D eigenvalue weighted by atomic mass is 9.84. The fourth-order valence-corrected chi connectivity index (χ4v) is 4.19. The molecule has 0 radical (unpaired) electrons. The molecule has 4 rings (SSSR count). The topological polar surface area (TPSA) is 18.5 Å². The highest BCUT2D eigenvalue weighted by molar-refractivity contribution is 5.71. The summed E-state index contributed by atoms with van der Waals surface area (Å²) in [6.45, 7) is 3.67. The predicted molar refractivity (Wildman–Crippen MR) is 107 cm³/mol. The fourth-order valence-electron chi connectivity index (χ4n) is 4.19. The molecule has 0 spiro atoms. The first-order valence-electron chi connectivity index (χ1n) is 10.2. The lowest BCUT2D eigenvalue weighted by Gasteiger charge is -2.34. The highest BCUT2D eigenvalue weighted by atomic mass is 19.4. The van der Waals surface area contributed by atoms with Gasteiger partial charge in [-0.2, -0.15) is 13.2 Å². The second-order valence-corrected chi connectivity index (χ2v) is 8.23. The Hall–Kier alpha value is -2.03. The minimum Gasteiger partial charge on any atom is -0.352 e. The fraction of sp³-hybridized carbons (Fsp3) is 0.500. The van der Waals surface area contributed by atoms with Gasteiger partial charge in [0.2, 0.25) is 0 Å². The SMILES string of the molecule is CC1COC(C2CC=C(c3ccc4c(c3)CCC(C#CC(F)(F)F)=C4)CC2)OC1. The number of fused-ring (bicyclic) bond motifs is 1. The number of alkyl halides is 3. The second-order valence-electron chi connectivity index (χ2n) is 8.23. The van der Waals surface area contributed by atoms with Gasteiger partial charge in [-0.25, -0.2) is 0 Å². The van der Waals surface area contributed by atoms with Crippen LogP contribution in [-0.2, 0) is 15.9 Å². The molecule has 154 valence electrons. The van der Waals surface area contributed by atoms with Gasteiger partial charge in [0.05, 0.1) is 13.2 Å². The molecular weight excluding hydrogens is 377 g/mol. The number of allylic oxidation sites excluding steroid dienone is 3. The summed E-state index contributed by atoms with van der Waals surface area (Å²) in [6.07, 6.45) is 3.79. The van der Waals surface area contributed by atoms with E-state index in [0.29, 0.717) is 23.8 Å². The molecule has 1 unspecified atom stereocenters. The van der Waals surface area contributed by atoms with Gasteiger partial charge < -0.3 is 9.47 Å². The van der Waals surface area contributed by atoms with E-state index >= 15 is 0 Å². The van der Waals surface area contributed by atoms with Gasteiger partial charge in [0.1, 0.15) is 0 Å². The second kappa shape index (κ2) is 8.38. The van der Waals surface area contributed by atoms with Crippen molar-refractivity contribution in [2.24, 2.45) is 11.8 Å². The van der Waals surface area contributed by atoms with E-state index in [2.05, 4.69) is 31.1 Å². The van der Waals surface area contributed by atoms with E-state index in [1.165, 1.54) is 22.6 Å². The third-order valence-electron chi connectivity index (χ3n) is 5.80. The number of aryl methyl sites for hydroxylation is 1. The Labute approximate surface area is 169 Å². The average Bonchev–Trinajstić information content (AvgIpc) is 2.72. The molecule has 3 aliphatic rings. The number of halogens is 3. The number of rotatable bonds is 2. The molecule has 1 aromatic carbocycles. The Morgan fingerprint density at radius 2 is 1.86 bits per heavy atom. The zero-order chi connectivity index (χ0) is 20.4. The van der Waals surface area contributed by atoms with E-state index in [4.69, 9.17) is 9.47 Å². The van der Waals surface area contributed by atoms with E-state index in [-0.39, 0.29) is 6.29 Å². The monoisotopic (exact) mass is 402 g/mol. The van der Waals surface area contributed by atoms with Gasteiger partial charge in [0.15, 0.2) is 6.29 Å². The minimum absolute atomic E-state index is 0.0890. The molecule has 0 bridgehead atoms. The van der Waals surface area contributed by atoms with Crippen molar-refractivity contribution in [1.82, 2.24) is 0 Å². The third kappa shape index (κ3) is 5.12. The van der Waals surface area contributed by atoms with E-state index in [0.717, 1.165) is 44.5 Å². The molecule has 29 heavy (non-hydrogen) atoms. The summed E-state index contributed by atoms with van der Waals surface area (Å²) in [6, 6.07) is 6.25. The van der Waals surface area contributed by atoms with Crippen LogP contribution in [0, 0.1) is 23.7 Å². The Bertz CT molecular complexity index is 878. The average molecular weight is 402 g/mol. The van der Waals surface area contributed by atoms with E-state index < -0.39 is 6.18 Å². The van der Waals surface area contributed by atoms with Crippen molar-refractivity contribution >= 4 is 11.6 Å². The smallest absolute Gasteiger partial charge is 0.352 e. The van der Waals surface area contributed by atoms with Crippen molar-refractivity contribution in [3.05, 3.63) is 46.5 Å². The van der Waals surface area contributed by atoms with Crippen LogP contribution < -0.4 is 0 Å². The van der Waals surface area contributed by atoms with Gasteiger partial charge >= 0.3 is 6.18 Å². The van der Waals surface area contributed by atoms with Crippen molar-refractivity contribution in [3.8, 4) is 11.8 Å². The zero-order valence-electron chi connectivity index (χ0n) is 16.5. The van der Waals surface area contributed by atoms with Crippen molar-refractivity contribution in [2.45, 2.75) is 51.5 Å². The normalized spacial score (nSPS) is 27.2. The van der Waals surface area contributed by atoms with Crippen molar-refractivity contribution in [1.29, 1.82) is 0 Å². The molecule has 2 nitrogen and oxygen atoms in total. The lowest BCUT2D eigenvalue weighted by Crippen LogP contribution is -2.36. The van der Waals surface area contributed by atoms with E-state index in [1.54, 1.807) is 6.08 Å². The molecule has 1 aliphatic heterocycles. The molecule has 5 heteroatoms. The molecule has 1 saturated heterocycles. The quantitative estimate of drug-likeness (QED) is 0.585. The number of hydrogen-bond donors (Lipinski definition) is 0. The Balaban J connectivity index is 1.44. The summed E-state index contributed by atoms with van der Waals surface area (Å²) in [7, 11) is 0. The van der Waals surface area contributed by atoms with Crippen LogP contribution in [0.1, 0.15) is 49.3 Å². The van der Waals surface area contributed by atoms with Crippen LogP contribution >= 0.6 is 0 Å². The molecule has 1 fully saturated rings. The highest BCUT2D eigenvalue weighted by Gasteiger charge is 2.29. The standard InChI is InChI=1S/C24H25F3O2/c1-16-14-28-23(29-15-16)19-6-4-18(5-7-19)21-9-8-20-12-17(2-3-22(20)13-21)10-11-24(25,26)27/h4,8-9,12-13,16,19,23H,2-3,5-7,14-15H2,1H3. The molecule has 1 heterocycles. The molecule has 1 atom stereocenters. The molecule has 1 aromatic rings. The van der Waals surface area contributed by atoms with E-state index in [1.807, 2.05) is 6.07 Å². The van der Waals surface area contributed by atoms with E-state index in [9.17, 15) is 13.2 Å². The molecule has 0 saturated carbocycles. The minimum atomic E-state index is -4.44. The van der Waals surface area contributed by atoms with Gasteiger partial charge in [-0.1, -0.05) is 37.1 Å². The van der Waals surface area contributed by atoms with Crippen molar-refractivity contribution < 1.29 is 22.6 Å². The molecule has 2 aliphatic carbocycles. The van der Waals surface area contributed by atoms with Gasteiger partial charge in [-0.05, 0) is 60.4 Å². The number of ether oxygens (including phenoxy) is 2. The van der Waals surface area contributed by atoms with Crippen LogP contribution in [0.5, 0.6) is 0 Å². The van der Waals surface area contributed by atoms with Crippen LogP contribution in [-0.4, -0.2) is 25.7 Å². The number of benzene rings is 1.